The molecule has 6 heteroatoms. The van der Waals surface area contributed by atoms with Crippen molar-refractivity contribution >= 4 is 11.8 Å². The van der Waals surface area contributed by atoms with E-state index in [-0.39, 0.29) is 23.0 Å². The summed E-state index contributed by atoms with van der Waals surface area (Å²) >= 11 is 0. The Morgan fingerprint density at radius 2 is 1.63 bits per heavy atom. The Kier molecular flexibility index (Phi) is 5.08. The van der Waals surface area contributed by atoms with Gasteiger partial charge in [0.15, 0.2) is 17.3 Å². The maximum atomic E-state index is 12.7. The molecule has 0 saturated heterocycles. The molecule has 0 aromatic heterocycles. The summed E-state index contributed by atoms with van der Waals surface area (Å²) in [5, 5.41) is 0. The van der Waals surface area contributed by atoms with Crippen molar-refractivity contribution in [3.05, 3.63) is 46.5 Å². The molecule has 0 spiro atoms. The number of ether oxygens (including phenoxy) is 4. The van der Waals surface area contributed by atoms with Gasteiger partial charge in [-0.25, -0.2) is 4.79 Å². The highest BCUT2D eigenvalue weighted by Gasteiger charge is 2.32. The number of carbonyl (C=O) groups is 2. The van der Waals surface area contributed by atoms with Crippen LogP contribution in [0.5, 0.6) is 23.0 Å². The molecule has 2 aromatic carbocycles. The Morgan fingerprint density at radius 3 is 2.19 bits per heavy atom. The molecule has 27 heavy (non-hydrogen) atoms. The van der Waals surface area contributed by atoms with Crippen LogP contribution in [-0.2, 0) is 0 Å². The SMILES string of the molecule is COc1cc(C(=O)Oc2ccc(C)c3c2C(=O)C[C@@H]3C)cc(OC)c1OC. The lowest BCUT2D eigenvalue weighted by Gasteiger charge is -2.15. The minimum atomic E-state index is -0.604. The molecule has 0 saturated carbocycles. The first-order chi connectivity index (χ1) is 12.9. The smallest absolute Gasteiger partial charge is 0.343 e. The number of methoxy groups -OCH3 is 3. The zero-order valence-electron chi connectivity index (χ0n) is 16.0. The van der Waals surface area contributed by atoms with Gasteiger partial charge < -0.3 is 18.9 Å². The van der Waals surface area contributed by atoms with Gasteiger partial charge in [-0.1, -0.05) is 13.0 Å². The van der Waals surface area contributed by atoms with Crippen LogP contribution in [0.4, 0.5) is 0 Å². The number of hydrogen-bond donors (Lipinski definition) is 0. The quantitative estimate of drug-likeness (QED) is 0.587. The van der Waals surface area contributed by atoms with Crippen LogP contribution < -0.4 is 18.9 Å². The Hall–Kier alpha value is -3.02. The Labute approximate surface area is 158 Å². The number of rotatable bonds is 5. The molecular weight excluding hydrogens is 348 g/mol. The molecule has 6 nitrogen and oxygen atoms in total. The van der Waals surface area contributed by atoms with Crippen molar-refractivity contribution in [3.8, 4) is 23.0 Å². The van der Waals surface area contributed by atoms with Gasteiger partial charge in [0.2, 0.25) is 5.75 Å². The lowest BCUT2D eigenvalue weighted by atomic mass is 9.97. The zero-order valence-corrected chi connectivity index (χ0v) is 16.0. The van der Waals surface area contributed by atoms with E-state index in [2.05, 4.69) is 0 Å². The van der Waals surface area contributed by atoms with Crippen LogP contribution in [0.15, 0.2) is 24.3 Å². The highest BCUT2D eigenvalue weighted by atomic mass is 16.5. The molecular formula is C21H22O6. The second-order valence-electron chi connectivity index (χ2n) is 6.50. The average Bonchev–Trinajstić information content (AvgIpc) is 2.97. The maximum Gasteiger partial charge on any atom is 0.343 e. The average molecular weight is 370 g/mol. The molecule has 2 aromatic rings. The number of fused-ring (bicyclic) bond motifs is 1. The fraction of sp³-hybridized carbons (Fsp3) is 0.333. The third-order valence-electron chi connectivity index (χ3n) is 4.79. The normalized spacial score (nSPS) is 15.3. The monoisotopic (exact) mass is 370 g/mol. The van der Waals surface area contributed by atoms with E-state index in [0.717, 1.165) is 11.1 Å². The van der Waals surface area contributed by atoms with E-state index in [4.69, 9.17) is 18.9 Å². The highest BCUT2D eigenvalue weighted by Crippen LogP contribution is 2.41. The summed E-state index contributed by atoms with van der Waals surface area (Å²) < 4.78 is 21.4. The summed E-state index contributed by atoms with van der Waals surface area (Å²) in [7, 11) is 4.43. The number of ketones is 1. The predicted molar refractivity (Wildman–Crippen MR) is 99.6 cm³/mol. The van der Waals surface area contributed by atoms with Crippen molar-refractivity contribution < 1.29 is 28.5 Å². The summed E-state index contributed by atoms with van der Waals surface area (Å²) in [4.78, 5) is 25.1. The highest BCUT2D eigenvalue weighted by molar-refractivity contribution is 6.05. The van der Waals surface area contributed by atoms with Crippen molar-refractivity contribution in [1.29, 1.82) is 0 Å². The molecule has 0 heterocycles. The number of benzene rings is 2. The van der Waals surface area contributed by atoms with Gasteiger partial charge >= 0.3 is 5.97 Å². The Bertz CT molecular complexity index is 890. The zero-order chi connectivity index (χ0) is 19.7. The van der Waals surface area contributed by atoms with Crippen molar-refractivity contribution in [1.82, 2.24) is 0 Å². The van der Waals surface area contributed by atoms with Crippen LogP contribution >= 0.6 is 0 Å². The van der Waals surface area contributed by atoms with Gasteiger partial charge in [0.05, 0.1) is 32.5 Å². The molecule has 0 fully saturated rings. The molecule has 1 atom stereocenters. The minimum Gasteiger partial charge on any atom is -0.493 e. The number of Topliss-reactive ketones (excluding diaryl/α,β-unsaturated/α-hetero) is 1. The van der Waals surface area contributed by atoms with E-state index < -0.39 is 5.97 Å². The Morgan fingerprint density at radius 1 is 1.00 bits per heavy atom. The van der Waals surface area contributed by atoms with Gasteiger partial charge in [-0.3, -0.25) is 4.79 Å². The van der Waals surface area contributed by atoms with E-state index in [0.29, 0.717) is 29.2 Å². The van der Waals surface area contributed by atoms with Crippen LogP contribution in [0.2, 0.25) is 0 Å². The van der Waals surface area contributed by atoms with Gasteiger partial charge in [0.1, 0.15) is 5.75 Å². The van der Waals surface area contributed by atoms with Crippen molar-refractivity contribution in [2.45, 2.75) is 26.2 Å². The molecule has 1 aliphatic rings. The van der Waals surface area contributed by atoms with Crippen LogP contribution in [-0.4, -0.2) is 33.1 Å². The second kappa shape index (κ2) is 7.31. The minimum absolute atomic E-state index is 0.00566. The first kappa shape index (κ1) is 18.8. The van der Waals surface area contributed by atoms with Gasteiger partial charge in [-0.15, -0.1) is 0 Å². The molecule has 1 aliphatic carbocycles. The van der Waals surface area contributed by atoms with Crippen molar-refractivity contribution in [2.75, 3.05) is 21.3 Å². The molecule has 3 rings (SSSR count). The van der Waals surface area contributed by atoms with Crippen molar-refractivity contribution in [3.63, 3.8) is 0 Å². The third kappa shape index (κ3) is 3.23. The van der Waals surface area contributed by atoms with E-state index >= 15 is 0 Å². The summed E-state index contributed by atoms with van der Waals surface area (Å²) in [5.41, 5.74) is 2.71. The van der Waals surface area contributed by atoms with Gasteiger partial charge in [0, 0.05) is 6.42 Å². The first-order valence-corrected chi connectivity index (χ1v) is 8.60. The van der Waals surface area contributed by atoms with Crippen LogP contribution in [0.1, 0.15) is 51.1 Å². The lowest BCUT2D eigenvalue weighted by Crippen LogP contribution is -2.12. The van der Waals surface area contributed by atoms with E-state index in [1.54, 1.807) is 6.07 Å². The molecule has 0 radical (unpaired) electrons. The van der Waals surface area contributed by atoms with Gasteiger partial charge in [-0.05, 0) is 42.2 Å². The fourth-order valence-electron chi connectivity index (χ4n) is 3.55. The topological polar surface area (TPSA) is 71.1 Å². The van der Waals surface area contributed by atoms with Crippen LogP contribution in [0.3, 0.4) is 0 Å². The summed E-state index contributed by atoms with van der Waals surface area (Å²) in [6, 6.07) is 6.57. The molecule has 0 N–H and O–H groups in total. The standard InChI is InChI=1S/C21H22O6/c1-11-6-7-15(19-14(22)8-12(2)18(11)19)27-21(23)13-9-16(24-3)20(26-5)17(10-13)25-4/h6-7,9-10,12H,8H2,1-5H3/t12-/m0/s1. The van der Waals surface area contributed by atoms with E-state index in [1.807, 2.05) is 19.9 Å². The number of carbonyl (C=O) groups excluding carboxylic acids is 2. The first-order valence-electron chi connectivity index (χ1n) is 8.60. The number of hydrogen-bond acceptors (Lipinski definition) is 6. The summed E-state index contributed by atoms with van der Waals surface area (Å²) in [6.45, 7) is 3.96. The molecule has 0 unspecified atom stereocenters. The number of esters is 1. The predicted octanol–water partition coefficient (Wildman–Crippen LogP) is 3.93. The Balaban J connectivity index is 1.99. The van der Waals surface area contributed by atoms with Gasteiger partial charge in [-0.2, -0.15) is 0 Å². The van der Waals surface area contributed by atoms with Crippen LogP contribution in [0.25, 0.3) is 0 Å². The van der Waals surface area contributed by atoms with Crippen molar-refractivity contribution in [2.24, 2.45) is 0 Å². The lowest BCUT2D eigenvalue weighted by molar-refractivity contribution is 0.0732. The summed E-state index contributed by atoms with van der Waals surface area (Å²) in [6.07, 6.45) is 0.426. The van der Waals surface area contributed by atoms with E-state index in [9.17, 15) is 9.59 Å². The fourth-order valence-corrected chi connectivity index (χ4v) is 3.55. The molecule has 142 valence electrons. The largest absolute Gasteiger partial charge is 0.493 e. The summed E-state index contributed by atoms with van der Waals surface area (Å²) in [5.74, 6) is 0.875. The third-order valence-corrected chi connectivity index (χ3v) is 4.79. The van der Waals surface area contributed by atoms with Gasteiger partial charge in [0.25, 0.3) is 0 Å². The van der Waals surface area contributed by atoms with Crippen LogP contribution in [0, 0.1) is 6.92 Å². The molecule has 0 aliphatic heterocycles. The molecule has 0 bridgehead atoms. The second-order valence-corrected chi connectivity index (χ2v) is 6.50. The molecule has 0 amide bonds. The number of aryl methyl sites for hydroxylation is 1. The van der Waals surface area contributed by atoms with E-state index in [1.165, 1.54) is 33.5 Å². The maximum absolute atomic E-state index is 12.7.